The monoisotopic (exact) mass is 273 g/mol. The van der Waals surface area contributed by atoms with E-state index in [1.165, 1.54) is 0 Å². The smallest absolute Gasteiger partial charge is 0.162 e. The highest BCUT2D eigenvalue weighted by atomic mass is 16.5. The van der Waals surface area contributed by atoms with Crippen molar-refractivity contribution in [2.24, 2.45) is 0 Å². The number of methoxy groups -OCH3 is 1. The van der Waals surface area contributed by atoms with Crippen LogP contribution in [0.3, 0.4) is 0 Å². The molecular formula is C15H19N3O2. The Labute approximate surface area is 118 Å². The zero-order valence-electron chi connectivity index (χ0n) is 11.9. The first-order valence-electron chi connectivity index (χ1n) is 6.89. The predicted octanol–water partition coefficient (Wildman–Crippen LogP) is 2.11. The molecule has 0 radical (unpaired) electrons. The van der Waals surface area contributed by atoms with E-state index in [4.69, 9.17) is 9.47 Å². The third kappa shape index (κ3) is 2.67. The van der Waals surface area contributed by atoms with E-state index < -0.39 is 0 Å². The van der Waals surface area contributed by atoms with Crippen LogP contribution >= 0.6 is 0 Å². The summed E-state index contributed by atoms with van der Waals surface area (Å²) in [4.78, 5) is 10.6. The number of hydrogen-bond donors (Lipinski definition) is 0. The predicted molar refractivity (Wildman–Crippen MR) is 77.2 cm³/mol. The highest BCUT2D eigenvalue weighted by Crippen LogP contribution is 2.33. The van der Waals surface area contributed by atoms with Crippen LogP contribution in [0.25, 0.3) is 10.9 Å². The molecule has 0 amide bonds. The molecule has 5 nitrogen and oxygen atoms in total. The SMILES string of the molecule is COc1cc2ncncc2cc1OC1CCN(C)CC1. The lowest BCUT2D eigenvalue weighted by molar-refractivity contribution is 0.111. The molecule has 0 saturated carbocycles. The number of rotatable bonds is 3. The van der Waals surface area contributed by atoms with Gasteiger partial charge in [0, 0.05) is 30.7 Å². The van der Waals surface area contributed by atoms with Crippen molar-refractivity contribution >= 4 is 10.9 Å². The summed E-state index contributed by atoms with van der Waals surface area (Å²) < 4.78 is 11.5. The van der Waals surface area contributed by atoms with Gasteiger partial charge in [-0.05, 0) is 26.0 Å². The van der Waals surface area contributed by atoms with E-state index in [1.807, 2.05) is 12.1 Å². The molecular weight excluding hydrogens is 254 g/mol. The van der Waals surface area contributed by atoms with E-state index in [2.05, 4.69) is 21.9 Å². The zero-order valence-corrected chi connectivity index (χ0v) is 11.9. The fraction of sp³-hybridized carbons (Fsp3) is 0.467. The Balaban J connectivity index is 1.86. The molecule has 0 unspecified atom stereocenters. The summed E-state index contributed by atoms with van der Waals surface area (Å²) in [6.45, 7) is 2.15. The number of nitrogens with zero attached hydrogens (tertiary/aromatic N) is 3. The summed E-state index contributed by atoms with van der Waals surface area (Å²) in [5.41, 5.74) is 0.868. The first-order chi connectivity index (χ1) is 9.76. The Bertz CT molecular complexity index is 595. The summed E-state index contributed by atoms with van der Waals surface area (Å²) in [5, 5.41) is 0.969. The molecule has 1 saturated heterocycles. The van der Waals surface area contributed by atoms with Crippen LogP contribution in [0.2, 0.25) is 0 Å². The van der Waals surface area contributed by atoms with E-state index in [9.17, 15) is 0 Å². The molecule has 5 heteroatoms. The molecule has 1 fully saturated rings. The van der Waals surface area contributed by atoms with Crippen molar-refractivity contribution < 1.29 is 9.47 Å². The zero-order chi connectivity index (χ0) is 13.9. The Hall–Kier alpha value is -1.88. The molecule has 1 aromatic heterocycles. The number of likely N-dealkylation sites (tertiary alicyclic amines) is 1. The lowest BCUT2D eigenvalue weighted by Crippen LogP contribution is -2.35. The maximum Gasteiger partial charge on any atom is 0.162 e. The Morgan fingerprint density at radius 2 is 2.00 bits per heavy atom. The van der Waals surface area contributed by atoms with Crippen LogP contribution in [-0.4, -0.2) is 48.2 Å². The van der Waals surface area contributed by atoms with Crippen LogP contribution in [0.1, 0.15) is 12.8 Å². The molecule has 0 atom stereocenters. The molecule has 2 aromatic rings. The van der Waals surface area contributed by atoms with Gasteiger partial charge in [0.2, 0.25) is 0 Å². The molecule has 0 aliphatic carbocycles. The van der Waals surface area contributed by atoms with E-state index in [-0.39, 0.29) is 6.10 Å². The normalized spacial score (nSPS) is 17.3. The molecule has 0 spiro atoms. The molecule has 1 aliphatic rings. The van der Waals surface area contributed by atoms with Gasteiger partial charge in [0.15, 0.2) is 11.5 Å². The van der Waals surface area contributed by atoms with Gasteiger partial charge in [0.25, 0.3) is 0 Å². The highest BCUT2D eigenvalue weighted by Gasteiger charge is 2.20. The van der Waals surface area contributed by atoms with Crippen molar-refractivity contribution in [1.29, 1.82) is 0 Å². The van der Waals surface area contributed by atoms with Crippen LogP contribution in [-0.2, 0) is 0 Å². The Morgan fingerprint density at radius 3 is 2.75 bits per heavy atom. The second kappa shape index (κ2) is 5.63. The lowest BCUT2D eigenvalue weighted by atomic mass is 10.1. The third-order valence-corrected chi connectivity index (χ3v) is 3.75. The molecule has 20 heavy (non-hydrogen) atoms. The van der Waals surface area contributed by atoms with Crippen LogP contribution in [0, 0.1) is 0 Å². The van der Waals surface area contributed by atoms with Crippen molar-refractivity contribution in [3.05, 3.63) is 24.7 Å². The van der Waals surface area contributed by atoms with Crippen molar-refractivity contribution in [1.82, 2.24) is 14.9 Å². The van der Waals surface area contributed by atoms with Gasteiger partial charge in [-0.15, -0.1) is 0 Å². The first kappa shape index (κ1) is 13.1. The third-order valence-electron chi connectivity index (χ3n) is 3.75. The lowest BCUT2D eigenvalue weighted by Gasteiger charge is -2.29. The molecule has 1 aliphatic heterocycles. The second-order valence-electron chi connectivity index (χ2n) is 5.21. The van der Waals surface area contributed by atoms with Gasteiger partial charge in [0.05, 0.1) is 12.6 Å². The summed E-state index contributed by atoms with van der Waals surface area (Å²) in [6.07, 6.45) is 5.68. The summed E-state index contributed by atoms with van der Waals surface area (Å²) in [6, 6.07) is 3.87. The molecule has 0 bridgehead atoms. The van der Waals surface area contributed by atoms with Crippen molar-refractivity contribution in [3.8, 4) is 11.5 Å². The number of hydrogen-bond acceptors (Lipinski definition) is 5. The van der Waals surface area contributed by atoms with E-state index in [1.54, 1.807) is 19.6 Å². The second-order valence-corrected chi connectivity index (χ2v) is 5.21. The average Bonchev–Trinajstić information content (AvgIpc) is 2.49. The van der Waals surface area contributed by atoms with E-state index in [0.717, 1.165) is 48.3 Å². The number of aromatic nitrogens is 2. The summed E-state index contributed by atoms with van der Waals surface area (Å²) in [5.74, 6) is 1.51. The largest absolute Gasteiger partial charge is 0.493 e. The van der Waals surface area contributed by atoms with E-state index in [0.29, 0.717) is 0 Å². The topological polar surface area (TPSA) is 47.5 Å². The number of benzene rings is 1. The van der Waals surface area contributed by atoms with Crippen LogP contribution < -0.4 is 9.47 Å². The highest BCUT2D eigenvalue weighted by molar-refractivity contribution is 5.81. The van der Waals surface area contributed by atoms with Gasteiger partial charge < -0.3 is 14.4 Å². The molecule has 1 aromatic carbocycles. The van der Waals surface area contributed by atoms with Gasteiger partial charge in [-0.2, -0.15) is 0 Å². The van der Waals surface area contributed by atoms with Crippen molar-refractivity contribution in [3.63, 3.8) is 0 Å². The van der Waals surface area contributed by atoms with Crippen molar-refractivity contribution in [2.75, 3.05) is 27.2 Å². The van der Waals surface area contributed by atoms with Gasteiger partial charge >= 0.3 is 0 Å². The van der Waals surface area contributed by atoms with E-state index >= 15 is 0 Å². The number of fused-ring (bicyclic) bond motifs is 1. The fourth-order valence-electron chi connectivity index (χ4n) is 2.52. The maximum absolute atomic E-state index is 6.13. The fourth-order valence-corrected chi connectivity index (χ4v) is 2.52. The van der Waals surface area contributed by atoms with Gasteiger partial charge in [-0.25, -0.2) is 9.97 Å². The van der Waals surface area contributed by atoms with Crippen LogP contribution in [0.15, 0.2) is 24.7 Å². The molecule has 106 valence electrons. The maximum atomic E-state index is 6.13. The van der Waals surface area contributed by atoms with Crippen molar-refractivity contribution in [2.45, 2.75) is 18.9 Å². The van der Waals surface area contributed by atoms with Crippen LogP contribution in [0.5, 0.6) is 11.5 Å². The molecule has 2 heterocycles. The number of ether oxygens (including phenoxy) is 2. The van der Waals surface area contributed by atoms with Gasteiger partial charge in [0.1, 0.15) is 12.4 Å². The molecule has 0 N–H and O–H groups in total. The van der Waals surface area contributed by atoms with Gasteiger partial charge in [-0.1, -0.05) is 0 Å². The summed E-state index contributed by atoms with van der Waals surface area (Å²) in [7, 11) is 3.80. The van der Waals surface area contributed by atoms with Crippen LogP contribution in [0.4, 0.5) is 0 Å². The minimum atomic E-state index is 0.252. The standard InChI is InChI=1S/C15H19N3O2/c1-18-5-3-12(4-6-18)20-15-7-11-9-16-10-17-13(11)8-14(15)19-2/h7-10,12H,3-6H2,1-2H3. The Morgan fingerprint density at radius 1 is 1.20 bits per heavy atom. The quantitative estimate of drug-likeness (QED) is 0.857. The van der Waals surface area contributed by atoms with Gasteiger partial charge in [-0.3, -0.25) is 0 Å². The Kier molecular flexibility index (Phi) is 3.69. The molecule has 3 rings (SSSR count). The minimum absolute atomic E-state index is 0.252. The average molecular weight is 273 g/mol. The first-order valence-corrected chi connectivity index (χ1v) is 6.89. The summed E-state index contributed by atoms with van der Waals surface area (Å²) >= 11 is 0. The number of piperidine rings is 1. The minimum Gasteiger partial charge on any atom is -0.493 e.